The number of H-pyrrole nitrogens is 1. The Labute approximate surface area is 188 Å². The molecule has 0 saturated carbocycles. The van der Waals surface area contributed by atoms with E-state index in [9.17, 15) is 9.59 Å². The van der Waals surface area contributed by atoms with E-state index in [2.05, 4.69) is 31.0 Å². The Balaban J connectivity index is 1.68. The third-order valence-electron chi connectivity index (χ3n) is 6.15. The van der Waals surface area contributed by atoms with E-state index in [1.807, 2.05) is 42.6 Å². The molecular weight excluding hydrogens is 400 g/mol. The van der Waals surface area contributed by atoms with E-state index >= 15 is 0 Å². The van der Waals surface area contributed by atoms with Crippen LogP contribution in [0, 0.1) is 5.92 Å². The highest BCUT2D eigenvalue weighted by atomic mass is 16.5. The van der Waals surface area contributed by atoms with Crippen LogP contribution in [0.25, 0.3) is 6.08 Å². The van der Waals surface area contributed by atoms with Gasteiger partial charge in [0.15, 0.2) is 0 Å². The smallest absolute Gasteiger partial charge is 0.338 e. The number of aromatic nitrogens is 1. The first-order valence-electron chi connectivity index (χ1n) is 11.0. The first-order chi connectivity index (χ1) is 15.5. The molecule has 2 bridgehead atoms. The zero-order valence-electron chi connectivity index (χ0n) is 18.7. The van der Waals surface area contributed by atoms with Crippen molar-refractivity contribution in [3.05, 3.63) is 98.5 Å². The molecule has 1 aromatic heterocycles. The molecule has 2 aliphatic rings. The van der Waals surface area contributed by atoms with Crippen molar-refractivity contribution in [1.82, 2.24) is 4.98 Å². The molecule has 1 N–H and O–H groups in total. The SMILES string of the molecule is C/C=C1\C2C=C(C)CC1(N=C/C=C/c1cccc(C(=O)OCC)c1)c1ccc(=O)[nH]c1C2. The predicted octanol–water partition coefficient (Wildman–Crippen LogP) is 5.00. The van der Waals surface area contributed by atoms with E-state index in [1.54, 1.807) is 19.1 Å². The molecule has 2 aromatic rings. The number of fused-ring (bicyclic) bond motifs is 4. The van der Waals surface area contributed by atoms with Crippen LogP contribution in [0.1, 0.15) is 54.4 Å². The van der Waals surface area contributed by atoms with Crippen molar-refractivity contribution in [2.45, 2.75) is 39.2 Å². The summed E-state index contributed by atoms with van der Waals surface area (Å²) in [6.45, 7) is 6.36. The number of aliphatic imine (C=N–C) groups is 1. The van der Waals surface area contributed by atoms with Crippen LogP contribution in [-0.2, 0) is 16.7 Å². The monoisotopic (exact) mass is 428 g/mol. The normalized spacial score (nSPS) is 23.4. The maximum atomic E-state index is 12.0. The molecule has 5 heteroatoms. The second kappa shape index (κ2) is 8.95. The van der Waals surface area contributed by atoms with E-state index in [4.69, 9.17) is 9.73 Å². The largest absolute Gasteiger partial charge is 0.462 e. The number of pyridine rings is 1. The summed E-state index contributed by atoms with van der Waals surface area (Å²) < 4.78 is 5.08. The molecule has 1 aromatic carbocycles. The minimum Gasteiger partial charge on any atom is -0.462 e. The molecule has 0 radical (unpaired) electrons. The number of ether oxygens (including phenoxy) is 1. The summed E-state index contributed by atoms with van der Waals surface area (Å²) in [5, 5.41) is 0. The van der Waals surface area contributed by atoms with Gasteiger partial charge in [-0.2, -0.15) is 0 Å². The second-order valence-electron chi connectivity index (χ2n) is 8.30. The molecule has 4 rings (SSSR count). The summed E-state index contributed by atoms with van der Waals surface area (Å²) in [7, 11) is 0. The Morgan fingerprint density at radius 2 is 2.16 bits per heavy atom. The highest BCUT2D eigenvalue weighted by molar-refractivity contribution is 5.90. The number of carbonyl (C=O) groups excluding carboxylic acids is 1. The van der Waals surface area contributed by atoms with Crippen molar-refractivity contribution in [3.63, 3.8) is 0 Å². The number of benzene rings is 1. The number of allylic oxidation sites excluding steroid dienone is 3. The van der Waals surface area contributed by atoms with Gasteiger partial charge < -0.3 is 9.72 Å². The first-order valence-corrected chi connectivity index (χ1v) is 11.0. The van der Waals surface area contributed by atoms with Gasteiger partial charge in [-0.15, -0.1) is 0 Å². The molecule has 1 heterocycles. The molecule has 2 aliphatic carbocycles. The summed E-state index contributed by atoms with van der Waals surface area (Å²) in [5.74, 6) is -0.0852. The lowest BCUT2D eigenvalue weighted by Crippen LogP contribution is -2.40. The minimum absolute atomic E-state index is 0.0769. The number of carbonyl (C=O) groups is 1. The fourth-order valence-electron chi connectivity index (χ4n) is 4.96. The van der Waals surface area contributed by atoms with Crippen molar-refractivity contribution in [3.8, 4) is 0 Å². The molecule has 0 aliphatic heterocycles. The molecule has 2 atom stereocenters. The molecule has 0 fully saturated rings. The summed E-state index contributed by atoms with van der Waals surface area (Å²) >= 11 is 0. The third kappa shape index (κ3) is 4.03. The molecule has 0 amide bonds. The fourth-order valence-corrected chi connectivity index (χ4v) is 4.96. The van der Waals surface area contributed by atoms with Gasteiger partial charge in [-0.25, -0.2) is 4.79 Å². The Morgan fingerprint density at radius 1 is 1.31 bits per heavy atom. The lowest BCUT2D eigenvalue weighted by molar-refractivity contribution is 0.0526. The minimum atomic E-state index is -0.507. The average molecular weight is 429 g/mol. The standard InChI is InChI=1S/C27H28N2O3/c1-4-22-21-14-18(3)17-27(22,23-11-12-25(30)29-24(23)16-21)28-13-7-9-19-8-6-10-20(15-19)26(31)32-5-2/h4,6-15,21H,5,16-17H2,1-3H3,(H,29,30)/b9-7+,22-4+,28-13?. The van der Waals surface area contributed by atoms with E-state index < -0.39 is 5.54 Å². The average Bonchev–Trinajstić information content (AvgIpc) is 2.76. The van der Waals surface area contributed by atoms with Crippen LogP contribution in [0.3, 0.4) is 0 Å². The molecule has 0 saturated heterocycles. The van der Waals surface area contributed by atoms with E-state index in [1.165, 1.54) is 11.1 Å². The summed E-state index contributed by atoms with van der Waals surface area (Å²) in [5.41, 5.74) is 5.47. The van der Waals surface area contributed by atoms with Gasteiger partial charge in [0.25, 0.3) is 0 Å². The van der Waals surface area contributed by atoms with Crippen LogP contribution in [0.5, 0.6) is 0 Å². The Bertz CT molecular complexity index is 1220. The molecule has 5 nitrogen and oxygen atoms in total. The molecule has 32 heavy (non-hydrogen) atoms. The van der Waals surface area contributed by atoms with Gasteiger partial charge in [0, 0.05) is 35.9 Å². The zero-order valence-corrected chi connectivity index (χ0v) is 18.7. The van der Waals surface area contributed by atoms with Crippen LogP contribution >= 0.6 is 0 Å². The van der Waals surface area contributed by atoms with Crippen molar-refractivity contribution in [2.75, 3.05) is 6.61 Å². The maximum absolute atomic E-state index is 12.0. The quantitative estimate of drug-likeness (QED) is 0.414. The van der Waals surface area contributed by atoms with Crippen LogP contribution in [0.2, 0.25) is 0 Å². The van der Waals surface area contributed by atoms with Gasteiger partial charge in [0.2, 0.25) is 5.56 Å². The number of hydrogen-bond donors (Lipinski definition) is 1. The molecule has 0 spiro atoms. The molecule has 164 valence electrons. The predicted molar refractivity (Wildman–Crippen MR) is 128 cm³/mol. The Morgan fingerprint density at radius 3 is 2.94 bits per heavy atom. The van der Waals surface area contributed by atoms with Crippen LogP contribution < -0.4 is 5.56 Å². The van der Waals surface area contributed by atoms with Gasteiger partial charge in [-0.3, -0.25) is 9.79 Å². The van der Waals surface area contributed by atoms with Crippen molar-refractivity contribution >= 4 is 18.3 Å². The lowest BCUT2D eigenvalue weighted by Gasteiger charge is -2.45. The third-order valence-corrected chi connectivity index (χ3v) is 6.15. The fraction of sp³-hybridized carbons (Fsp3) is 0.296. The maximum Gasteiger partial charge on any atom is 0.338 e. The van der Waals surface area contributed by atoms with Gasteiger partial charge in [-0.1, -0.05) is 35.9 Å². The van der Waals surface area contributed by atoms with E-state index in [0.717, 1.165) is 29.7 Å². The van der Waals surface area contributed by atoms with Crippen molar-refractivity contribution in [1.29, 1.82) is 0 Å². The van der Waals surface area contributed by atoms with Crippen molar-refractivity contribution < 1.29 is 9.53 Å². The Kier molecular flexibility index (Phi) is 6.08. The summed E-state index contributed by atoms with van der Waals surface area (Å²) in [6, 6.07) is 10.9. The number of nitrogens with zero attached hydrogens (tertiary/aromatic N) is 1. The van der Waals surface area contributed by atoms with Crippen LogP contribution in [0.4, 0.5) is 0 Å². The van der Waals surface area contributed by atoms with Crippen LogP contribution in [0.15, 0.2) is 75.6 Å². The second-order valence-corrected chi connectivity index (χ2v) is 8.30. The highest BCUT2D eigenvalue weighted by Gasteiger charge is 2.46. The van der Waals surface area contributed by atoms with Crippen molar-refractivity contribution in [2.24, 2.45) is 10.9 Å². The highest BCUT2D eigenvalue weighted by Crippen LogP contribution is 2.51. The Hall–Kier alpha value is -3.47. The lowest BCUT2D eigenvalue weighted by atomic mass is 9.63. The van der Waals surface area contributed by atoms with E-state index in [-0.39, 0.29) is 17.4 Å². The summed E-state index contributed by atoms with van der Waals surface area (Å²) in [4.78, 5) is 32.0. The first kappa shape index (κ1) is 21.8. The number of aromatic amines is 1. The number of hydrogen-bond acceptors (Lipinski definition) is 4. The number of nitrogens with one attached hydrogen (secondary N) is 1. The van der Waals surface area contributed by atoms with Crippen LogP contribution in [-0.4, -0.2) is 23.8 Å². The zero-order chi connectivity index (χ0) is 22.7. The molecular formula is C27H28N2O3. The molecule has 2 unspecified atom stereocenters. The van der Waals surface area contributed by atoms with Gasteiger partial charge >= 0.3 is 5.97 Å². The van der Waals surface area contributed by atoms with Gasteiger partial charge in [0.1, 0.15) is 5.54 Å². The number of rotatable bonds is 5. The summed E-state index contributed by atoms with van der Waals surface area (Å²) in [6.07, 6.45) is 11.7. The van der Waals surface area contributed by atoms with Gasteiger partial charge in [0.05, 0.1) is 12.2 Å². The van der Waals surface area contributed by atoms with E-state index in [0.29, 0.717) is 12.2 Å². The number of esters is 1. The van der Waals surface area contributed by atoms with Gasteiger partial charge in [-0.05, 0) is 62.6 Å². The topological polar surface area (TPSA) is 71.5 Å².